The van der Waals surface area contributed by atoms with Crippen molar-refractivity contribution in [2.24, 2.45) is 0 Å². The lowest BCUT2D eigenvalue weighted by molar-refractivity contribution is 0.416. The van der Waals surface area contributed by atoms with Crippen molar-refractivity contribution in [1.82, 2.24) is 4.98 Å². The summed E-state index contributed by atoms with van der Waals surface area (Å²) in [7, 11) is 1.71. The molecule has 100 valence electrons. The van der Waals surface area contributed by atoms with E-state index in [2.05, 4.69) is 29.2 Å². The van der Waals surface area contributed by atoms with E-state index in [1.54, 1.807) is 18.4 Å². The molecule has 0 saturated carbocycles. The lowest BCUT2D eigenvalue weighted by atomic mass is 10.0. The summed E-state index contributed by atoms with van der Waals surface area (Å²) in [6.45, 7) is 2.02. The lowest BCUT2D eigenvalue weighted by Crippen LogP contribution is -1.88. The summed E-state index contributed by atoms with van der Waals surface area (Å²) < 4.78 is 5.48. The first kappa shape index (κ1) is 12.9. The fourth-order valence-corrected chi connectivity index (χ4v) is 2.97. The van der Waals surface area contributed by atoms with E-state index in [4.69, 9.17) is 4.74 Å². The molecule has 3 rings (SSSR count). The van der Waals surface area contributed by atoms with E-state index in [9.17, 15) is 0 Å². The molecule has 0 amide bonds. The zero-order chi connectivity index (χ0) is 13.9. The third-order valence-electron chi connectivity index (χ3n) is 3.19. The highest BCUT2D eigenvalue weighted by Gasteiger charge is 2.09. The summed E-state index contributed by atoms with van der Waals surface area (Å²) in [5.74, 6) is 0.890. The molecule has 2 nitrogen and oxygen atoms in total. The van der Waals surface area contributed by atoms with Crippen molar-refractivity contribution in [2.45, 2.75) is 6.92 Å². The van der Waals surface area contributed by atoms with Gasteiger partial charge >= 0.3 is 0 Å². The first-order valence-corrected chi connectivity index (χ1v) is 7.26. The van der Waals surface area contributed by atoms with Crippen LogP contribution in [0.5, 0.6) is 5.75 Å². The molecule has 0 atom stereocenters. The summed E-state index contributed by atoms with van der Waals surface area (Å²) in [6, 6.07) is 16.6. The third-order valence-corrected chi connectivity index (χ3v) is 4.15. The number of hydrogen-bond donors (Lipinski definition) is 0. The Morgan fingerprint density at radius 2 is 1.80 bits per heavy atom. The topological polar surface area (TPSA) is 22.1 Å². The highest BCUT2D eigenvalue weighted by Crippen LogP contribution is 2.35. The van der Waals surface area contributed by atoms with E-state index < -0.39 is 0 Å². The van der Waals surface area contributed by atoms with Crippen LogP contribution in [0.1, 0.15) is 5.01 Å². The number of thiazole rings is 1. The minimum Gasteiger partial charge on any atom is -0.496 e. The molecule has 1 heterocycles. The molecular formula is C17H15NOS. The minimum atomic E-state index is 0.890. The Morgan fingerprint density at radius 3 is 2.45 bits per heavy atom. The molecule has 0 aliphatic carbocycles. The number of hydrogen-bond acceptors (Lipinski definition) is 3. The van der Waals surface area contributed by atoms with E-state index in [1.165, 1.54) is 10.4 Å². The third kappa shape index (κ3) is 2.45. The Balaban J connectivity index is 2.12. The van der Waals surface area contributed by atoms with Gasteiger partial charge in [-0.3, -0.25) is 0 Å². The van der Waals surface area contributed by atoms with Gasteiger partial charge < -0.3 is 4.74 Å². The standard InChI is InChI=1S/C17H15NOS/c1-12-18-11-17(20-12)14-8-9-16(19-2)15(10-14)13-6-4-3-5-7-13/h3-11H,1-2H3. The Morgan fingerprint density at radius 1 is 1.00 bits per heavy atom. The molecule has 0 aliphatic heterocycles. The number of rotatable bonds is 3. The molecule has 0 bridgehead atoms. The maximum Gasteiger partial charge on any atom is 0.126 e. The average molecular weight is 281 g/mol. The van der Waals surface area contributed by atoms with Crippen LogP contribution in [-0.2, 0) is 0 Å². The number of aromatic nitrogens is 1. The second-order valence-electron chi connectivity index (χ2n) is 4.52. The second kappa shape index (κ2) is 5.47. The minimum absolute atomic E-state index is 0.890. The predicted octanol–water partition coefficient (Wildman–Crippen LogP) is 4.79. The monoisotopic (exact) mass is 281 g/mol. The van der Waals surface area contributed by atoms with Gasteiger partial charge in [0.05, 0.1) is 17.0 Å². The quantitative estimate of drug-likeness (QED) is 0.688. The largest absolute Gasteiger partial charge is 0.496 e. The summed E-state index contributed by atoms with van der Waals surface area (Å²) in [4.78, 5) is 5.51. The van der Waals surface area contributed by atoms with Gasteiger partial charge in [-0.1, -0.05) is 30.3 Å². The highest BCUT2D eigenvalue weighted by molar-refractivity contribution is 7.15. The van der Waals surface area contributed by atoms with Crippen molar-refractivity contribution in [2.75, 3.05) is 7.11 Å². The Hall–Kier alpha value is -2.13. The van der Waals surface area contributed by atoms with Crippen molar-refractivity contribution < 1.29 is 4.74 Å². The molecule has 3 heteroatoms. The molecule has 2 aromatic carbocycles. The number of nitrogens with zero attached hydrogens (tertiary/aromatic N) is 1. The van der Waals surface area contributed by atoms with Crippen LogP contribution in [-0.4, -0.2) is 12.1 Å². The predicted molar refractivity (Wildman–Crippen MR) is 84.3 cm³/mol. The van der Waals surface area contributed by atoms with E-state index in [-0.39, 0.29) is 0 Å². The molecule has 0 N–H and O–H groups in total. The normalized spacial score (nSPS) is 10.5. The summed E-state index contributed by atoms with van der Waals surface area (Å²) in [5, 5.41) is 1.08. The number of aryl methyl sites for hydroxylation is 1. The Kier molecular flexibility index (Phi) is 3.52. The van der Waals surface area contributed by atoms with Gasteiger partial charge in [-0.15, -0.1) is 11.3 Å². The summed E-state index contributed by atoms with van der Waals surface area (Å²) >= 11 is 1.71. The lowest BCUT2D eigenvalue weighted by Gasteiger charge is -2.10. The van der Waals surface area contributed by atoms with Gasteiger partial charge in [0.15, 0.2) is 0 Å². The fraction of sp³-hybridized carbons (Fsp3) is 0.118. The molecule has 0 saturated heterocycles. The van der Waals surface area contributed by atoms with Crippen LogP contribution in [0.2, 0.25) is 0 Å². The molecule has 1 aromatic heterocycles. The zero-order valence-electron chi connectivity index (χ0n) is 11.5. The van der Waals surface area contributed by atoms with E-state index >= 15 is 0 Å². The van der Waals surface area contributed by atoms with Gasteiger partial charge in [0.1, 0.15) is 5.75 Å². The molecule has 3 aromatic rings. The number of benzene rings is 2. The van der Waals surface area contributed by atoms with Crippen LogP contribution >= 0.6 is 11.3 Å². The molecule has 20 heavy (non-hydrogen) atoms. The van der Waals surface area contributed by atoms with Crippen LogP contribution in [0.15, 0.2) is 54.7 Å². The van der Waals surface area contributed by atoms with Crippen molar-refractivity contribution in [3.05, 3.63) is 59.7 Å². The van der Waals surface area contributed by atoms with E-state index in [1.807, 2.05) is 37.4 Å². The average Bonchev–Trinajstić information content (AvgIpc) is 2.94. The van der Waals surface area contributed by atoms with Crippen LogP contribution in [0.25, 0.3) is 21.6 Å². The molecule has 0 aliphatic rings. The first-order chi connectivity index (χ1) is 9.78. The van der Waals surface area contributed by atoms with Crippen molar-refractivity contribution in [3.63, 3.8) is 0 Å². The fourth-order valence-electron chi connectivity index (χ4n) is 2.20. The van der Waals surface area contributed by atoms with Gasteiger partial charge in [0.25, 0.3) is 0 Å². The SMILES string of the molecule is COc1ccc(-c2cnc(C)s2)cc1-c1ccccc1. The first-order valence-electron chi connectivity index (χ1n) is 6.44. The van der Waals surface area contributed by atoms with Crippen LogP contribution in [0.4, 0.5) is 0 Å². The van der Waals surface area contributed by atoms with E-state index in [0.29, 0.717) is 0 Å². The number of ether oxygens (including phenoxy) is 1. The van der Waals surface area contributed by atoms with Crippen molar-refractivity contribution >= 4 is 11.3 Å². The Bertz CT molecular complexity index is 719. The van der Waals surface area contributed by atoms with Crippen LogP contribution in [0, 0.1) is 6.92 Å². The maximum absolute atomic E-state index is 5.48. The van der Waals surface area contributed by atoms with Gasteiger partial charge in [-0.25, -0.2) is 4.98 Å². The molecule has 0 spiro atoms. The maximum atomic E-state index is 5.48. The van der Waals surface area contributed by atoms with Gasteiger partial charge in [-0.2, -0.15) is 0 Å². The summed E-state index contributed by atoms with van der Waals surface area (Å²) in [5.41, 5.74) is 3.44. The van der Waals surface area contributed by atoms with Gasteiger partial charge in [0.2, 0.25) is 0 Å². The molecule has 0 radical (unpaired) electrons. The van der Waals surface area contributed by atoms with Crippen molar-refractivity contribution in [3.8, 4) is 27.3 Å². The molecule has 0 unspecified atom stereocenters. The smallest absolute Gasteiger partial charge is 0.126 e. The van der Waals surface area contributed by atoms with Gasteiger partial charge in [-0.05, 0) is 36.2 Å². The zero-order valence-corrected chi connectivity index (χ0v) is 12.3. The summed E-state index contributed by atoms with van der Waals surface area (Å²) in [6.07, 6.45) is 1.93. The second-order valence-corrected chi connectivity index (χ2v) is 5.76. The van der Waals surface area contributed by atoms with Crippen LogP contribution in [0.3, 0.4) is 0 Å². The van der Waals surface area contributed by atoms with Crippen LogP contribution < -0.4 is 4.74 Å². The number of methoxy groups -OCH3 is 1. The molecular weight excluding hydrogens is 266 g/mol. The highest BCUT2D eigenvalue weighted by atomic mass is 32.1. The Labute approximate surface area is 122 Å². The van der Waals surface area contributed by atoms with Crippen molar-refractivity contribution in [1.29, 1.82) is 0 Å². The van der Waals surface area contributed by atoms with Gasteiger partial charge in [0, 0.05) is 11.8 Å². The molecule has 0 fully saturated rings. The van der Waals surface area contributed by atoms with E-state index in [0.717, 1.165) is 21.9 Å².